The van der Waals surface area contributed by atoms with E-state index in [4.69, 9.17) is 27.9 Å². The molecule has 3 rings (SSSR count). The van der Waals surface area contributed by atoms with Crippen LogP contribution in [0.5, 0.6) is 0 Å². The fourth-order valence-corrected chi connectivity index (χ4v) is 3.53. The molecule has 0 atom stereocenters. The number of carbonyl (C=O) groups is 2. The van der Waals surface area contributed by atoms with Crippen LogP contribution in [0.4, 0.5) is 5.69 Å². The standard InChI is InChI=1S/C22H21Cl2N3O4/c1-2-3-6-12-27-21(29)15-9-5-4-8-14(15)19(26-27)22(30)31-13-18(28)25-20-16(23)10-7-11-17(20)24/h4-5,7-11H,2-3,6,12-13H2,1H3,(H,25,28). The maximum atomic E-state index is 12.7. The molecule has 0 aliphatic heterocycles. The van der Waals surface area contributed by atoms with Crippen LogP contribution in [0, 0.1) is 0 Å². The van der Waals surface area contributed by atoms with E-state index in [0.29, 0.717) is 17.3 Å². The number of aromatic nitrogens is 2. The zero-order chi connectivity index (χ0) is 22.4. The number of anilines is 1. The van der Waals surface area contributed by atoms with Gasteiger partial charge < -0.3 is 10.1 Å². The highest BCUT2D eigenvalue weighted by Gasteiger charge is 2.19. The smallest absolute Gasteiger partial charge is 0.359 e. The van der Waals surface area contributed by atoms with E-state index in [9.17, 15) is 14.4 Å². The molecule has 0 aliphatic carbocycles. The molecule has 0 spiro atoms. The van der Waals surface area contributed by atoms with Gasteiger partial charge in [-0.3, -0.25) is 9.59 Å². The summed E-state index contributed by atoms with van der Waals surface area (Å²) in [5, 5.41) is 8.01. The number of benzene rings is 2. The van der Waals surface area contributed by atoms with Crippen molar-refractivity contribution >= 4 is 51.5 Å². The normalized spacial score (nSPS) is 10.8. The number of aryl methyl sites for hydroxylation is 1. The van der Waals surface area contributed by atoms with E-state index in [2.05, 4.69) is 17.3 Å². The fourth-order valence-electron chi connectivity index (χ4n) is 3.04. The lowest BCUT2D eigenvalue weighted by Gasteiger charge is -2.12. The van der Waals surface area contributed by atoms with Crippen molar-refractivity contribution in [2.75, 3.05) is 11.9 Å². The van der Waals surface area contributed by atoms with Gasteiger partial charge in [-0.2, -0.15) is 5.10 Å². The number of amides is 1. The third kappa shape index (κ3) is 5.42. The quantitative estimate of drug-likeness (QED) is 0.388. The average molecular weight is 462 g/mol. The highest BCUT2D eigenvalue weighted by atomic mass is 35.5. The summed E-state index contributed by atoms with van der Waals surface area (Å²) in [7, 11) is 0. The van der Waals surface area contributed by atoms with Crippen LogP contribution < -0.4 is 10.9 Å². The Hall–Kier alpha value is -2.90. The third-order valence-corrected chi connectivity index (χ3v) is 5.23. The second kappa shape index (κ2) is 10.4. The van der Waals surface area contributed by atoms with Gasteiger partial charge >= 0.3 is 5.97 Å². The monoisotopic (exact) mass is 461 g/mol. The highest BCUT2D eigenvalue weighted by molar-refractivity contribution is 6.39. The molecule has 3 aromatic rings. The maximum absolute atomic E-state index is 12.7. The van der Waals surface area contributed by atoms with Crippen molar-refractivity contribution in [3.05, 3.63) is 68.6 Å². The third-order valence-electron chi connectivity index (χ3n) is 4.60. The molecule has 162 valence electrons. The molecule has 1 amide bonds. The number of carbonyl (C=O) groups excluding carboxylic acids is 2. The molecule has 1 N–H and O–H groups in total. The molecule has 0 fully saturated rings. The Morgan fingerprint density at radius 3 is 2.39 bits per heavy atom. The van der Waals surface area contributed by atoms with E-state index < -0.39 is 18.5 Å². The van der Waals surface area contributed by atoms with Crippen LogP contribution in [-0.4, -0.2) is 28.3 Å². The van der Waals surface area contributed by atoms with Gasteiger partial charge in [-0.1, -0.05) is 67.2 Å². The van der Waals surface area contributed by atoms with Crippen molar-refractivity contribution in [1.29, 1.82) is 0 Å². The van der Waals surface area contributed by atoms with Crippen molar-refractivity contribution in [3.63, 3.8) is 0 Å². The molecule has 1 heterocycles. The van der Waals surface area contributed by atoms with Crippen LogP contribution in [0.25, 0.3) is 10.8 Å². The molecule has 0 saturated heterocycles. The minimum atomic E-state index is -0.805. The zero-order valence-corrected chi connectivity index (χ0v) is 18.4. The van der Waals surface area contributed by atoms with E-state index in [-0.39, 0.29) is 27.0 Å². The first kappa shape index (κ1) is 22.8. The van der Waals surface area contributed by atoms with Crippen LogP contribution >= 0.6 is 23.2 Å². The van der Waals surface area contributed by atoms with Crippen molar-refractivity contribution < 1.29 is 14.3 Å². The molecule has 1 aromatic heterocycles. The first-order valence-electron chi connectivity index (χ1n) is 9.83. The number of ether oxygens (including phenoxy) is 1. The van der Waals surface area contributed by atoms with Crippen LogP contribution in [0.3, 0.4) is 0 Å². The lowest BCUT2D eigenvalue weighted by molar-refractivity contribution is -0.119. The minimum absolute atomic E-state index is 0.0183. The number of nitrogens with one attached hydrogen (secondary N) is 1. The Morgan fingerprint density at radius 1 is 1.03 bits per heavy atom. The number of fused-ring (bicyclic) bond motifs is 1. The van der Waals surface area contributed by atoms with Gasteiger partial charge in [0.15, 0.2) is 12.3 Å². The van der Waals surface area contributed by atoms with Crippen LogP contribution in [-0.2, 0) is 16.1 Å². The second-order valence-electron chi connectivity index (χ2n) is 6.85. The van der Waals surface area contributed by atoms with E-state index >= 15 is 0 Å². The Balaban J connectivity index is 1.79. The van der Waals surface area contributed by atoms with E-state index in [0.717, 1.165) is 19.3 Å². The zero-order valence-electron chi connectivity index (χ0n) is 16.9. The summed E-state index contributed by atoms with van der Waals surface area (Å²) < 4.78 is 6.43. The number of unbranched alkanes of at least 4 members (excludes halogenated alkanes) is 2. The molecule has 0 radical (unpaired) electrons. The largest absolute Gasteiger partial charge is 0.451 e. The molecule has 0 saturated carbocycles. The number of esters is 1. The van der Waals surface area contributed by atoms with E-state index in [1.807, 2.05) is 0 Å². The number of para-hydroxylation sites is 1. The second-order valence-corrected chi connectivity index (χ2v) is 7.66. The highest BCUT2D eigenvalue weighted by Crippen LogP contribution is 2.29. The lowest BCUT2D eigenvalue weighted by atomic mass is 10.1. The summed E-state index contributed by atoms with van der Waals surface area (Å²) in [6.07, 6.45) is 2.69. The first-order chi connectivity index (χ1) is 14.9. The summed E-state index contributed by atoms with van der Waals surface area (Å²) in [4.78, 5) is 37.6. The molecule has 7 nitrogen and oxygen atoms in total. The number of hydrogen-bond acceptors (Lipinski definition) is 5. The molecule has 2 aromatic carbocycles. The molecule has 31 heavy (non-hydrogen) atoms. The van der Waals surface area contributed by atoms with E-state index in [1.54, 1.807) is 42.5 Å². The van der Waals surface area contributed by atoms with Gasteiger partial charge in [0.25, 0.3) is 11.5 Å². The topological polar surface area (TPSA) is 90.3 Å². The summed E-state index contributed by atoms with van der Waals surface area (Å²) in [5.41, 5.74) is -0.0513. The average Bonchev–Trinajstić information content (AvgIpc) is 2.76. The van der Waals surface area contributed by atoms with Crippen LogP contribution in [0.15, 0.2) is 47.3 Å². The van der Waals surface area contributed by atoms with Crippen LogP contribution in [0.1, 0.15) is 36.7 Å². The Labute approximate surface area is 188 Å². The van der Waals surface area contributed by atoms with Gasteiger partial charge in [-0.15, -0.1) is 0 Å². The number of halogens is 2. The number of hydrogen-bond donors (Lipinski definition) is 1. The first-order valence-corrected chi connectivity index (χ1v) is 10.6. The van der Waals surface area contributed by atoms with Gasteiger partial charge in [0.2, 0.25) is 0 Å². The Bertz CT molecular complexity index is 1160. The molecular formula is C22H21Cl2N3O4. The van der Waals surface area contributed by atoms with Gasteiger partial charge in [0.05, 0.1) is 21.1 Å². The molecule has 0 unspecified atom stereocenters. The van der Waals surface area contributed by atoms with Gasteiger partial charge in [-0.25, -0.2) is 9.48 Å². The van der Waals surface area contributed by atoms with Crippen LogP contribution in [0.2, 0.25) is 10.0 Å². The molecule has 9 heteroatoms. The van der Waals surface area contributed by atoms with Gasteiger partial charge in [0.1, 0.15) is 0 Å². The predicted octanol–water partition coefficient (Wildman–Crippen LogP) is 4.69. The number of rotatable bonds is 8. The predicted molar refractivity (Wildman–Crippen MR) is 121 cm³/mol. The minimum Gasteiger partial charge on any atom is -0.451 e. The van der Waals surface area contributed by atoms with Gasteiger partial charge in [0, 0.05) is 11.9 Å². The molecular weight excluding hydrogens is 441 g/mol. The maximum Gasteiger partial charge on any atom is 0.359 e. The van der Waals surface area contributed by atoms with Gasteiger partial charge in [-0.05, 0) is 24.6 Å². The fraction of sp³-hybridized carbons (Fsp3) is 0.273. The summed E-state index contributed by atoms with van der Waals surface area (Å²) in [5.74, 6) is -1.41. The summed E-state index contributed by atoms with van der Waals surface area (Å²) in [6, 6.07) is 11.5. The SMILES string of the molecule is CCCCCn1nc(C(=O)OCC(=O)Nc2c(Cl)cccc2Cl)c2ccccc2c1=O. The number of nitrogens with zero attached hydrogens (tertiary/aromatic N) is 2. The Morgan fingerprint density at radius 2 is 1.71 bits per heavy atom. The molecule has 0 aliphatic rings. The van der Waals surface area contributed by atoms with Crippen molar-refractivity contribution in [2.24, 2.45) is 0 Å². The van der Waals surface area contributed by atoms with E-state index in [1.165, 1.54) is 4.68 Å². The van der Waals surface area contributed by atoms with Crippen molar-refractivity contribution in [2.45, 2.75) is 32.7 Å². The lowest BCUT2D eigenvalue weighted by Crippen LogP contribution is -2.28. The van der Waals surface area contributed by atoms with Crippen molar-refractivity contribution in [3.8, 4) is 0 Å². The summed E-state index contributed by atoms with van der Waals surface area (Å²) >= 11 is 12.1. The summed E-state index contributed by atoms with van der Waals surface area (Å²) in [6.45, 7) is 1.88. The van der Waals surface area contributed by atoms with Crippen molar-refractivity contribution in [1.82, 2.24) is 9.78 Å². The Kier molecular flexibility index (Phi) is 7.65. The molecule has 0 bridgehead atoms.